The Labute approximate surface area is 152 Å². The highest BCUT2D eigenvalue weighted by atomic mass is 32.1. The zero-order valence-corrected chi connectivity index (χ0v) is 15.6. The number of hydrogen-bond acceptors (Lipinski definition) is 5. The Kier molecular flexibility index (Phi) is 5.91. The van der Waals surface area contributed by atoms with Gasteiger partial charge in [-0.15, -0.1) is 11.3 Å². The number of carbonyl (C=O) groups excluding carboxylic acids is 1. The highest BCUT2D eigenvalue weighted by Gasteiger charge is 2.16. The first kappa shape index (κ1) is 17.7. The predicted octanol–water partition coefficient (Wildman–Crippen LogP) is 4.51. The fourth-order valence-corrected chi connectivity index (χ4v) is 3.89. The number of rotatable bonds is 6. The number of anilines is 2. The van der Waals surface area contributed by atoms with Gasteiger partial charge in [0.2, 0.25) is 0 Å². The summed E-state index contributed by atoms with van der Waals surface area (Å²) < 4.78 is 5.37. The van der Waals surface area contributed by atoms with Crippen molar-refractivity contribution in [1.82, 2.24) is 10.3 Å². The average Bonchev–Trinajstić information content (AvgIpc) is 3.09. The highest BCUT2D eigenvalue weighted by Crippen LogP contribution is 2.30. The van der Waals surface area contributed by atoms with Crippen molar-refractivity contribution < 1.29 is 9.53 Å². The van der Waals surface area contributed by atoms with E-state index in [-0.39, 0.29) is 5.91 Å². The second-order valence-electron chi connectivity index (χ2n) is 6.58. The minimum Gasteiger partial charge on any atom is -0.495 e. The van der Waals surface area contributed by atoms with Gasteiger partial charge in [0.1, 0.15) is 11.4 Å². The predicted molar refractivity (Wildman–Crippen MR) is 102 cm³/mol. The van der Waals surface area contributed by atoms with E-state index in [1.807, 2.05) is 25.1 Å². The summed E-state index contributed by atoms with van der Waals surface area (Å²) in [5.41, 5.74) is 2.45. The summed E-state index contributed by atoms with van der Waals surface area (Å²) in [6.07, 6.45) is 6.33. The number of ether oxygens (including phenoxy) is 1. The number of aromatic nitrogens is 1. The van der Waals surface area contributed by atoms with E-state index in [0.717, 1.165) is 23.5 Å². The number of nitrogens with zero attached hydrogens (tertiary/aromatic N) is 1. The molecule has 0 radical (unpaired) electrons. The number of benzene rings is 1. The van der Waals surface area contributed by atoms with E-state index in [1.165, 1.54) is 43.4 Å². The van der Waals surface area contributed by atoms with Crippen LogP contribution in [0.1, 0.15) is 48.2 Å². The van der Waals surface area contributed by atoms with E-state index in [1.54, 1.807) is 12.5 Å². The first-order chi connectivity index (χ1) is 12.2. The summed E-state index contributed by atoms with van der Waals surface area (Å²) in [5, 5.41) is 8.76. The molecule has 25 heavy (non-hydrogen) atoms. The number of carbonyl (C=O) groups is 1. The second kappa shape index (κ2) is 8.34. The van der Waals surface area contributed by atoms with Gasteiger partial charge in [0.05, 0.1) is 12.8 Å². The Morgan fingerprint density at radius 1 is 1.32 bits per heavy atom. The van der Waals surface area contributed by atoms with Crippen LogP contribution in [0.5, 0.6) is 5.75 Å². The summed E-state index contributed by atoms with van der Waals surface area (Å²) in [7, 11) is 1.64. The third-order valence-corrected chi connectivity index (χ3v) is 5.37. The Balaban J connectivity index is 1.60. The Morgan fingerprint density at radius 3 is 2.88 bits per heavy atom. The number of nitrogens with one attached hydrogen (secondary N) is 2. The van der Waals surface area contributed by atoms with Gasteiger partial charge in [0, 0.05) is 11.9 Å². The lowest BCUT2D eigenvalue weighted by molar-refractivity contribution is 0.0939. The van der Waals surface area contributed by atoms with Crippen molar-refractivity contribution in [3.05, 3.63) is 34.8 Å². The molecule has 1 aromatic heterocycles. The quantitative estimate of drug-likeness (QED) is 0.796. The topological polar surface area (TPSA) is 63.2 Å². The van der Waals surface area contributed by atoms with Crippen LogP contribution >= 0.6 is 11.3 Å². The molecule has 2 N–H and O–H groups in total. The van der Waals surface area contributed by atoms with Crippen molar-refractivity contribution in [2.24, 2.45) is 5.92 Å². The van der Waals surface area contributed by atoms with E-state index in [9.17, 15) is 4.79 Å². The van der Waals surface area contributed by atoms with Crippen molar-refractivity contribution in [2.75, 3.05) is 19.0 Å². The van der Waals surface area contributed by atoms with Crippen LogP contribution in [0.4, 0.5) is 10.8 Å². The number of hydrogen-bond donors (Lipinski definition) is 2. The van der Waals surface area contributed by atoms with Gasteiger partial charge >= 0.3 is 0 Å². The maximum Gasteiger partial charge on any atom is 0.270 e. The lowest BCUT2D eigenvalue weighted by Gasteiger charge is -2.21. The van der Waals surface area contributed by atoms with E-state index in [0.29, 0.717) is 16.7 Å². The van der Waals surface area contributed by atoms with Crippen LogP contribution in [0.25, 0.3) is 0 Å². The first-order valence-electron chi connectivity index (χ1n) is 8.81. The lowest BCUT2D eigenvalue weighted by atomic mass is 9.89. The molecule has 6 heteroatoms. The fourth-order valence-electron chi connectivity index (χ4n) is 3.19. The normalized spacial score (nSPS) is 15.0. The van der Waals surface area contributed by atoms with Gasteiger partial charge in [-0.25, -0.2) is 4.98 Å². The minimum atomic E-state index is -0.0916. The van der Waals surface area contributed by atoms with Crippen molar-refractivity contribution in [2.45, 2.75) is 39.0 Å². The molecular weight excluding hydrogens is 334 g/mol. The Bertz CT molecular complexity index is 723. The minimum absolute atomic E-state index is 0.0916. The molecule has 1 heterocycles. The van der Waals surface area contributed by atoms with Crippen LogP contribution < -0.4 is 15.4 Å². The fraction of sp³-hybridized carbons (Fsp3) is 0.474. The Morgan fingerprint density at radius 2 is 2.12 bits per heavy atom. The van der Waals surface area contributed by atoms with Gasteiger partial charge in [0.25, 0.3) is 5.91 Å². The third kappa shape index (κ3) is 4.72. The van der Waals surface area contributed by atoms with Gasteiger partial charge < -0.3 is 15.4 Å². The zero-order chi connectivity index (χ0) is 17.6. The molecular formula is C19H25N3O2S. The standard InChI is InChI=1S/C19H25N3O2S/c1-13-8-9-17(24-2)15(10-13)21-19-22-16(12-25-19)18(23)20-11-14-6-4-3-5-7-14/h8-10,12,14H,3-7,11H2,1-2H3,(H,20,23)(H,21,22). The molecule has 134 valence electrons. The molecule has 0 aliphatic heterocycles. The molecule has 0 bridgehead atoms. The number of thiazole rings is 1. The van der Waals surface area contributed by atoms with Gasteiger partial charge in [-0.3, -0.25) is 4.79 Å². The number of aryl methyl sites for hydroxylation is 1. The molecule has 0 unspecified atom stereocenters. The molecule has 1 fully saturated rings. The maximum absolute atomic E-state index is 12.3. The second-order valence-corrected chi connectivity index (χ2v) is 7.44. The first-order valence-corrected chi connectivity index (χ1v) is 9.69. The van der Waals surface area contributed by atoms with Crippen molar-refractivity contribution >= 4 is 28.1 Å². The van der Waals surface area contributed by atoms with E-state index < -0.39 is 0 Å². The van der Waals surface area contributed by atoms with Crippen LogP contribution in [0.3, 0.4) is 0 Å². The summed E-state index contributed by atoms with van der Waals surface area (Å²) >= 11 is 1.42. The molecule has 3 rings (SSSR count). The summed E-state index contributed by atoms with van der Waals surface area (Å²) in [6.45, 7) is 2.78. The van der Waals surface area contributed by atoms with E-state index in [4.69, 9.17) is 4.74 Å². The molecule has 5 nitrogen and oxygen atoms in total. The smallest absolute Gasteiger partial charge is 0.270 e. The molecule has 0 spiro atoms. The van der Waals surface area contributed by atoms with Crippen molar-refractivity contribution in [1.29, 1.82) is 0 Å². The van der Waals surface area contributed by atoms with Crippen molar-refractivity contribution in [3.63, 3.8) is 0 Å². The monoisotopic (exact) mass is 359 g/mol. The average molecular weight is 359 g/mol. The molecule has 1 saturated carbocycles. The SMILES string of the molecule is COc1ccc(C)cc1Nc1nc(C(=O)NCC2CCCCC2)cs1. The van der Waals surface area contributed by atoms with Crippen LogP contribution in [0.15, 0.2) is 23.6 Å². The van der Waals surface area contributed by atoms with Crippen LogP contribution in [0, 0.1) is 12.8 Å². The molecule has 0 atom stereocenters. The van der Waals surface area contributed by atoms with Crippen LogP contribution in [0.2, 0.25) is 0 Å². The molecule has 1 aliphatic carbocycles. The Hall–Kier alpha value is -2.08. The third-order valence-electron chi connectivity index (χ3n) is 4.61. The zero-order valence-electron chi connectivity index (χ0n) is 14.8. The molecule has 2 aromatic rings. The van der Waals surface area contributed by atoms with Gasteiger partial charge in [-0.05, 0) is 43.4 Å². The highest BCUT2D eigenvalue weighted by molar-refractivity contribution is 7.14. The molecule has 1 amide bonds. The van der Waals surface area contributed by atoms with Crippen LogP contribution in [-0.4, -0.2) is 24.5 Å². The summed E-state index contributed by atoms with van der Waals surface area (Å²) in [6, 6.07) is 5.92. The van der Waals surface area contributed by atoms with E-state index >= 15 is 0 Å². The van der Waals surface area contributed by atoms with Crippen LogP contribution in [-0.2, 0) is 0 Å². The van der Waals surface area contributed by atoms with Crippen molar-refractivity contribution in [3.8, 4) is 5.75 Å². The molecule has 0 saturated heterocycles. The number of methoxy groups -OCH3 is 1. The lowest BCUT2D eigenvalue weighted by Crippen LogP contribution is -2.30. The largest absolute Gasteiger partial charge is 0.495 e. The van der Waals surface area contributed by atoms with Gasteiger partial charge in [-0.2, -0.15) is 0 Å². The van der Waals surface area contributed by atoms with Gasteiger partial charge in [-0.1, -0.05) is 25.3 Å². The summed E-state index contributed by atoms with van der Waals surface area (Å²) in [4.78, 5) is 16.7. The number of amides is 1. The van der Waals surface area contributed by atoms with Gasteiger partial charge in [0.15, 0.2) is 5.13 Å². The van der Waals surface area contributed by atoms with E-state index in [2.05, 4.69) is 15.6 Å². The summed E-state index contributed by atoms with van der Waals surface area (Å²) in [5.74, 6) is 1.28. The molecule has 1 aromatic carbocycles. The maximum atomic E-state index is 12.3. The molecule has 1 aliphatic rings.